The Kier molecular flexibility index (Phi) is 8.89. The van der Waals surface area contributed by atoms with E-state index in [1.54, 1.807) is 0 Å². The highest BCUT2D eigenvalue weighted by molar-refractivity contribution is 6.13. The smallest absolute Gasteiger partial charge is 0.136 e. The molecule has 1 heterocycles. The van der Waals surface area contributed by atoms with Crippen LogP contribution in [-0.4, -0.2) is 0 Å². The van der Waals surface area contributed by atoms with Gasteiger partial charge < -0.3 is 9.32 Å². The molecule has 0 saturated heterocycles. The molecule has 12 aromatic carbocycles. The summed E-state index contributed by atoms with van der Waals surface area (Å²) in [6.07, 6.45) is 0. The number of furan rings is 1. The van der Waals surface area contributed by atoms with E-state index >= 15 is 0 Å². The molecule has 0 radical (unpaired) electrons. The summed E-state index contributed by atoms with van der Waals surface area (Å²) in [6.45, 7) is 0. The molecule has 0 fully saturated rings. The van der Waals surface area contributed by atoms with Gasteiger partial charge in [-0.1, -0.05) is 194 Å². The molecule has 0 spiro atoms. The lowest BCUT2D eigenvalue weighted by molar-refractivity contribution is 0.669. The fourth-order valence-corrected chi connectivity index (χ4v) is 10.2. The summed E-state index contributed by atoms with van der Waals surface area (Å²) in [4.78, 5) is 2.41. The molecule has 0 atom stereocenters. The van der Waals surface area contributed by atoms with E-state index in [2.05, 4.69) is 241 Å². The van der Waals surface area contributed by atoms with Gasteiger partial charge in [0.05, 0.1) is 5.69 Å². The third-order valence-electron chi connectivity index (χ3n) is 13.4. The van der Waals surface area contributed by atoms with Crippen molar-refractivity contribution in [1.29, 1.82) is 0 Å². The zero-order valence-corrected chi connectivity index (χ0v) is 36.0. The number of rotatable bonds is 7. The van der Waals surface area contributed by atoms with Gasteiger partial charge in [-0.05, 0) is 137 Å². The van der Waals surface area contributed by atoms with Gasteiger partial charge in [0.1, 0.15) is 11.2 Å². The largest absolute Gasteiger partial charge is 0.456 e. The Morgan fingerprint density at radius 3 is 1.48 bits per heavy atom. The third kappa shape index (κ3) is 6.42. The molecule has 66 heavy (non-hydrogen) atoms. The van der Waals surface area contributed by atoms with Crippen molar-refractivity contribution in [2.24, 2.45) is 0 Å². The first-order valence-corrected chi connectivity index (χ1v) is 22.6. The fourth-order valence-electron chi connectivity index (χ4n) is 10.2. The van der Waals surface area contributed by atoms with Gasteiger partial charge >= 0.3 is 0 Å². The number of para-hydroxylation sites is 2. The van der Waals surface area contributed by atoms with Crippen LogP contribution >= 0.6 is 0 Å². The fraction of sp³-hybridized carbons (Fsp3) is 0. The number of hydrogen-bond donors (Lipinski definition) is 0. The molecule has 0 amide bonds. The van der Waals surface area contributed by atoms with E-state index in [4.69, 9.17) is 4.42 Å². The summed E-state index contributed by atoms with van der Waals surface area (Å²) in [5.74, 6) is 0. The van der Waals surface area contributed by atoms with Gasteiger partial charge in [0, 0.05) is 27.7 Å². The number of benzene rings is 12. The summed E-state index contributed by atoms with van der Waals surface area (Å²) in [5, 5.41) is 12.4. The van der Waals surface area contributed by atoms with Crippen molar-refractivity contribution in [2.75, 3.05) is 4.90 Å². The molecule has 0 N–H and O–H groups in total. The molecule has 0 unspecified atom stereocenters. The molecule has 0 aliphatic rings. The summed E-state index contributed by atoms with van der Waals surface area (Å²) in [6, 6.07) is 90.4. The summed E-state index contributed by atoms with van der Waals surface area (Å²) in [7, 11) is 0. The second-order valence-corrected chi connectivity index (χ2v) is 17.2. The summed E-state index contributed by atoms with van der Waals surface area (Å²) < 4.78 is 6.29. The number of hydrogen-bond acceptors (Lipinski definition) is 2. The molecule has 0 aliphatic carbocycles. The number of fused-ring (bicyclic) bond motifs is 9. The van der Waals surface area contributed by atoms with Crippen molar-refractivity contribution in [2.45, 2.75) is 0 Å². The predicted molar refractivity (Wildman–Crippen MR) is 280 cm³/mol. The van der Waals surface area contributed by atoms with Crippen LogP contribution in [0.4, 0.5) is 17.1 Å². The van der Waals surface area contributed by atoms with Crippen molar-refractivity contribution in [1.82, 2.24) is 0 Å². The lowest BCUT2D eigenvalue weighted by atomic mass is 9.95. The Labute approximate surface area is 382 Å². The average molecular weight is 840 g/mol. The first kappa shape index (κ1) is 37.8. The molecule has 2 heteroatoms. The Morgan fingerprint density at radius 1 is 0.258 bits per heavy atom. The minimum absolute atomic E-state index is 0.896. The summed E-state index contributed by atoms with van der Waals surface area (Å²) >= 11 is 0. The van der Waals surface area contributed by atoms with E-state index in [1.807, 2.05) is 12.1 Å². The van der Waals surface area contributed by atoms with Gasteiger partial charge in [0.2, 0.25) is 0 Å². The van der Waals surface area contributed by atoms with Crippen LogP contribution in [-0.2, 0) is 0 Å². The minimum atomic E-state index is 0.896. The minimum Gasteiger partial charge on any atom is -0.456 e. The van der Waals surface area contributed by atoms with Crippen molar-refractivity contribution in [3.8, 4) is 44.5 Å². The van der Waals surface area contributed by atoms with Gasteiger partial charge in [-0.2, -0.15) is 0 Å². The van der Waals surface area contributed by atoms with E-state index in [1.165, 1.54) is 59.8 Å². The number of nitrogens with zero attached hydrogens (tertiary/aromatic N) is 1. The Hall–Kier alpha value is -8.72. The van der Waals surface area contributed by atoms with Gasteiger partial charge in [0.25, 0.3) is 0 Å². The van der Waals surface area contributed by atoms with Crippen LogP contribution in [0, 0.1) is 0 Å². The molecule has 1 aromatic heterocycles. The molecular weight excluding hydrogens is 799 g/mol. The van der Waals surface area contributed by atoms with Crippen LogP contribution in [0.3, 0.4) is 0 Å². The van der Waals surface area contributed by atoms with Crippen LogP contribution in [0.25, 0.3) is 110 Å². The van der Waals surface area contributed by atoms with Gasteiger partial charge in [-0.3, -0.25) is 0 Å². The SMILES string of the molecule is c1cc(-c2ccc(-c3ccc4c(ccc5ccccc54)c3)cc2)cc(N(c2ccc(-c3cccc4oc5ccccc5c34)cc2)c2ccccc2-c2ccc3c(ccc4ccccc43)c2)c1. The van der Waals surface area contributed by atoms with E-state index in [-0.39, 0.29) is 0 Å². The predicted octanol–water partition coefficient (Wildman–Crippen LogP) is 18.3. The van der Waals surface area contributed by atoms with Crippen molar-refractivity contribution >= 4 is 82.1 Å². The maximum Gasteiger partial charge on any atom is 0.136 e. The molecule has 0 aliphatic heterocycles. The monoisotopic (exact) mass is 839 g/mol. The highest BCUT2D eigenvalue weighted by Crippen LogP contribution is 2.44. The topological polar surface area (TPSA) is 16.4 Å². The van der Waals surface area contributed by atoms with Crippen molar-refractivity contribution in [3.05, 3.63) is 249 Å². The molecular formula is C64H41NO. The maximum absolute atomic E-state index is 6.29. The molecule has 0 saturated carbocycles. The molecule has 13 aromatic rings. The Morgan fingerprint density at radius 2 is 0.758 bits per heavy atom. The van der Waals surface area contributed by atoms with Crippen molar-refractivity contribution < 1.29 is 4.42 Å². The zero-order valence-electron chi connectivity index (χ0n) is 36.0. The normalized spacial score (nSPS) is 11.6. The van der Waals surface area contributed by atoms with Crippen LogP contribution in [0.15, 0.2) is 253 Å². The van der Waals surface area contributed by atoms with Gasteiger partial charge in [0.15, 0.2) is 0 Å². The van der Waals surface area contributed by atoms with E-state index < -0.39 is 0 Å². The van der Waals surface area contributed by atoms with Crippen LogP contribution < -0.4 is 4.90 Å². The van der Waals surface area contributed by atoms with E-state index in [0.29, 0.717) is 0 Å². The Balaban J connectivity index is 0.913. The second kappa shape index (κ2) is 15.5. The van der Waals surface area contributed by atoms with Crippen molar-refractivity contribution in [3.63, 3.8) is 0 Å². The standard InChI is InChI=1S/C64H41NO/c1-3-15-54-44(11-1)27-29-49-39-48(33-37-56(49)54)43-25-23-42(24-26-43)47-13-9-14-53(41-47)65(52-35-31-46(32-36-52)59-19-10-22-63-64(59)60-18-6-8-21-62(60)66-63)61-20-7-5-17-58(61)51-34-38-57-50(40-51)30-28-45-12-2-4-16-55(45)57/h1-41H. The van der Waals surface area contributed by atoms with E-state index in [0.717, 1.165) is 66.8 Å². The van der Waals surface area contributed by atoms with Crippen LogP contribution in [0.1, 0.15) is 0 Å². The average Bonchev–Trinajstić information content (AvgIpc) is 3.78. The second-order valence-electron chi connectivity index (χ2n) is 17.2. The highest BCUT2D eigenvalue weighted by Gasteiger charge is 2.20. The summed E-state index contributed by atoms with van der Waals surface area (Å²) in [5.41, 5.74) is 14.4. The van der Waals surface area contributed by atoms with E-state index in [9.17, 15) is 0 Å². The lowest BCUT2D eigenvalue weighted by Crippen LogP contribution is -2.11. The molecule has 2 nitrogen and oxygen atoms in total. The number of anilines is 3. The lowest BCUT2D eigenvalue weighted by Gasteiger charge is -2.28. The quantitative estimate of drug-likeness (QED) is 0.149. The highest BCUT2D eigenvalue weighted by atomic mass is 16.3. The molecule has 13 rings (SSSR count). The maximum atomic E-state index is 6.29. The zero-order chi connectivity index (χ0) is 43.6. The third-order valence-corrected chi connectivity index (χ3v) is 13.4. The molecule has 308 valence electrons. The van der Waals surface area contributed by atoms with Gasteiger partial charge in [-0.15, -0.1) is 0 Å². The van der Waals surface area contributed by atoms with Crippen LogP contribution in [0.2, 0.25) is 0 Å². The van der Waals surface area contributed by atoms with Crippen LogP contribution in [0.5, 0.6) is 0 Å². The van der Waals surface area contributed by atoms with Gasteiger partial charge in [-0.25, -0.2) is 0 Å². The first-order valence-electron chi connectivity index (χ1n) is 22.6. The first-order chi connectivity index (χ1) is 32.7. The Bertz CT molecular complexity index is 3990. The molecule has 0 bridgehead atoms.